The predicted molar refractivity (Wildman–Crippen MR) is 369 cm³/mol. The number of phenols is 2. The fourth-order valence-corrected chi connectivity index (χ4v) is 14.2. The minimum atomic E-state index is -1.70. The molecule has 103 heavy (non-hydrogen) atoms. The summed E-state index contributed by atoms with van der Waals surface area (Å²) in [5.41, 5.74) is 6.06. The molecule has 10 amide bonds. The number of esters is 1. The number of unbranched alkanes of at least 4 members (excludes halogenated alkanes) is 1. The van der Waals surface area contributed by atoms with Crippen molar-refractivity contribution in [3.8, 4) is 23.0 Å². The molecular weight excluding hydrogens is 1360 g/mol. The van der Waals surface area contributed by atoms with Crippen LogP contribution in [0.4, 0.5) is 5.69 Å². The lowest BCUT2D eigenvalue weighted by Crippen LogP contribution is -2.61. The third kappa shape index (κ3) is 18.6. The number of thiocarbonyl (C=S) groups is 1. The van der Waals surface area contributed by atoms with Crippen molar-refractivity contribution in [2.75, 3.05) is 57.7 Å². The van der Waals surface area contributed by atoms with Crippen molar-refractivity contribution >= 4 is 100.0 Å². The molecule has 0 aromatic heterocycles. The number of aromatic hydroxyl groups is 2. The molecule has 8 atom stereocenters. The van der Waals surface area contributed by atoms with Gasteiger partial charge in [0.25, 0.3) is 0 Å². The van der Waals surface area contributed by atoms with E-state index in [2.05, 4.69) is 31.9 Å². The Balaban J connectivity index is 0.897. The van der Waals surface area contributed by atoms with Crippen LogP contribution in [0.5, 0.6) is 23.0 Å². The van der Waals surface area contributed by atoms with Gasteiger partial charge in [0.15, 0.2) is 10.7 Å². The number of phenolic OH excluding ortho intramolecular Hbond substituents is 2. The summed E-state index contributed by atoms with van der Waals surface area (Å²) in [5.74, 6) is -10.8. The quantitative estimate of drug-likeness (QED) is 0.0443. The van der Waals surface area contributed by atoms with E-state index < -0.39 is 170 Å². The molecule has 3 saturated heterocycles. The Morgan fingerprint density at radius 3 is 1.85 bits per heavy atom. The van der Waals surface area contributed by atoms with Gasteiger partial charge in [-0.3, -0.25) is 57.5 Å². The van der Waals surface area contributed by atoms with Crippen LogP contribution in [0.1, 0.15) is 150 Å². The number of fused-ring (bicyclic) bond motifs is 9. The van der Waals surface area contributed by atoms with E-state index >= 15 is 0 Å². The van der Waals surface area contributed by atoms with Crippen molar-refractivity contribution in [2.45, 2.75) is 177 Å². The highest BCUT2D eigenvalue weighted by Crippen LogP contribution is 2.57. The molecule has 1 spiro atoms. The second-order valence-electron chi connectivity index (χ2n) is 26.5. The van der Waals surface area contributed by atoms with Crippen molar-refractivity contribution in [3.05, 3.63) is 89.0 Å². The van der Waals surface area contributed by atoms with E-state index in [1.165, 1.54) is 52.8 Å². The summed E-state index contributed by atoms with van der Waals surface area (Å²) in [4.78, 5) is 184. The molecule has 0 saturated carbocycles. The van der Waals surface area contributed by atoms with Crippen LogP contribution in [0, 0.1) is 0 Å². The number of nitrogens with two attached hydrogens (primary N) is 1. The zero-order valence-corrected chi connectivity index (χ0v) is 58.0. The molecule has 32 nitrogen and oxygen atoms in total. The van der Waals surface area contributed by atoms with Gasteiger partial charge in [0.05, 0.1) is 24.8 Å². The highest BCUT2D eigenvalue weighted by molar-refractivity contribution is 7.80. The van der Waals surface area contributed by atoms with Gasteiger partial charge in [-0.25, -0.2) is 4.79 Å². The van der Waals surface area contributed by atoms with Crippen molar-refractivity contribution in [1.29, 1.82) is 0 Å². The number of nitrogens with one attached hydrogen (secondary N) is 6. The van der Waals surface area contributed by atoms with E-state index in [1.54, 1.807) is 42.5 Å². The number of hydrogen-bond donors (Lipinski definition) is 12. The average molecular weight is 1450 g/mol. The molecule has 3 fully saturated rings. The van der Waals surface area contributed by atoms with Gasteiger partial charge >= 0.3 is 17.9 Å². The number of nitrogens with zero attached hydrogens (tertiary/aromatic N) is 5. The van der Waals surface area contributed by atoms with E-state index in [-0.39, 0.29) is 111 Å². The number of rotatable bonds is 15. The standard InChI is InChI=1S/C70H88N12O20S/c1-39-64(96)82-33-13-16-52(82)67(99)81-32-12-14-50(81)61(93)76-48(24-26-58(89)90)65(97)79(37-55(71)86)30-10-6-4-3-5-9-29-78(38-56(87)75-49(25-27-59(91)92)66(98)80-31-11-15-51(80)62(94)77-60(40(2)83)63(95)73-39)57(88)17-7-8-28-72-69(103)74-41-18-21-44-47(34-41)70(102-68(44)100)45-22-19-42(84)35-53(45)101-54-36-43(85)20-23-46(54)70/h6,10,18-23,34-36,39-40,48-52,60,83-85H,3-5,7-9,11-17,24-33,37-38H2,1-2H3,(H2,71,86)(H,73,95)(H,75,87)(H,76,93)(H,77,94)(H,89,90)(H,91,92)(H2,72,74,103)/b10-6-/t39-,40+,48-,49-,50-,51-,52-,60-/m0/s1. The first-order valence-corrected chi connectivity index (χ1v) is 35.1. The second kappa shape index (κ2) is 34.5. The van der Waals surface area contributed by atoms with Gasteiger partial charge in [-0.15, -0.1) is 0 Å². The van der Waals surface area contributed by atoms with Crippen LogP contribution in [-0.2, 0) is 67.9 Å². The van der Waals surface area contributed by atoms with Crippen LogP contribution in [0.3, 0.4) is 0 Å². The van der Waals surface area contributed by atoms with Gasteiger partial charge < -0.3 is 97.1 Å². The number of carboxylic acid groups (broad SMARTS) is 2. The maximum absolute atomic E-state index is 14.5. The lowest BCUT2D eigenvalue weighted by molar-refractivity contribution is -0.148. The third-order valence-corrected chi connectivity index (χ3v) is 19.3. The Labute approximate surface area is 598 Å². The molecule has 13 N–H and O–H groups in total. The lowest BCUT2D eigenvalue weighted by Gasteiger charge is -2.36. The van der Waals surface area contributed by atoms with Gasteiger partial charge in [0.2, 0.25) is 59.1 Å². The number of aliphatic carboxylic acids is 2. The molecule has 0 bridgehead atoms. The number of benzene rings is 3. The maximum Gasteiger partial charge on any atom is 0.340 e. The van der Waals surface area contributed by atoms with Crippen LogP contribution in [0.2, 0.25) is 0 Å². The zero-order chi connectivity index (χ0) is 74.4. The Hall–Kier alpha value is -10.4. The van der Waals surface area contributed by atoms with Crippen LogP contribution >= 0.6 is 12.2 Å². The number of allylic oxidation sites excluding steroid dienone is 1. The van der Waals surface area contributed by atoms with Gasteiger partial charge in [0, 0.05) is 93.0 Å². The molecule has 6 heterocycles. The normalized spacial score (nSPS) is 23.8. The number of anilines is 1. The number of amides is 10. The molecule has 0 unspecified atom stereocenters. The van der Waals surface area contributed by atoms with E-state index in [4.69, 9.17) is 27.4 Å². The molecule has 6 aliphatic heterocycles. The SMILES string of the molecule is C[C@@H]1NC(=O)[C@H]([C@@H](C)O)NC(=O)[C@@H]2CCCN2C(=O)[C@H](CCC(=O)O)NC(=O)CN(C(=O)CCCCNC(=S)Nc2ccc3c(c2)C2(OC3=O)c3ccc(O)cc3Oc3cc(O)ccc32)CCCCC/C=C\CN(CC(N)=O)C(=O)[C@H](CCC(=O)O)NC(=O)[C@@H]2CCCN2C(=O)[C@@H]2CCCN2C1=O. The molecule has 6 aliphatic rings. The maximum atomic E-state index is 14.5. The summed E-state index contributed by atoms with van der Waals surface area (Å²) in [6.45, 7) is 1.65. The number of aliphatic hydroxyl groups is 1. The highest BCUT2D eigenvalue weighted by Gasteiger charge is 2.54. The van der Waals surface area contributed by atoms with Crippen LogP contribution < -0.4 is 42.4 Å². The van der Waals surface area contributed by atoms with Crippen molar-refractivity contribution in [2.24, 2.45) is 5.73 Å². The van der Waals surface area contributed by atoms with Crippen LogP contribution in [0.25, 0.3) is 0 Å². The van der Waals surface area contributed by atoms with Gasteiger partial charge in [-0.1, -0.05) is 18.6 Å². The molecule has 9 rings (SSSR count). The summed E-state index contributed by atoms with van der Waals surface area (Å²) in [7, 11) is 0. The minimum Gasteiger partial charge on any atom is -0.508 e. The predicted octanol–water partition coefficient (Wildman–Crippen LogP) is 1.44. The topological polar surface area (TPSA) is 456 Å². The summed E-state index contributed by atoms with van der Waals surface area (Å²) in [6.07, 6.45) is 3.56. The highest BCUT2D eigenvalue weighted by atomic mass is 32.1. The fraction of sp³-hybridized carbons (Fsp3) is 0.514. The van der Waals surface area contributed by atoms with Gasteiger partial charge in [0.1, 0.15) is 65.3 Å². The Kier molecular flexibility index (Phi) is 25.7. The molecule has 0 aliphatic carbocycles. The van der Waals surface area contributed by atoms with Crippen molar-refractivity contribution in [3.63, 3.8) is 0 Å². The Morgan fingerprint density at radius 2 is 1.24 bits per heavy atom. The van der Waals surface area contributed by atoms with Crippen molar-refractivity contribution < 1.29 is 97.3 Å². The monoisotopic (exact) mass is 1450 g/mol. The number of primary amides is 1. The third-order valence-electron chi connectivity index (χ3n) is 19.1. The second-order valence-corrected chi connectivity index (χ2v) is 26.9. The summed E-state index contributed by atoms with van der Waals surface area (Å²) in [5, 5.41) is 67.8. The van der Waals surface area contributed by atoms with E-state index in [9.17, 15) is 87.9 Å². The first-order chi connectivity index (χ1) is 49.1. The van der Waals surface area contributed by atoms with E-state index in [0.717, 1.165) is 9.80 Å². The number of aliphatic hydroxyl groups excluding tert-OH is 1. The number of carbonyl (C=O) groups is 13. The lowest BCUT2D eigenvalue weighted by atomic mass is 9.77. The Morgan fingerprint density at radius 1 is 0.650 bits per heavy atom. The van der Waals surface area contributed by atoms with Crippen molar-refractivity contribution in [1.82, 2.24) is 51.1 Å². The molecule has 33 heteroatoms. The van der Waals surface area contributed by atoms with Crippen LogP contribution in [-0.4, -0.2) is 233 Å². The summed E-state index contributed by atoms with van der Waals surface area (Å²) < 4.78 is 12.3. The summed E-state index contributed by atoms with van der Waals surface area (Å²) >= 11 is 5.67. The van der Waals surface area contributed by atoms with E-state index in [1.807, 2.05) is 0 Å². The van der Waals surface area contributed by atoms with Gasteiger partial charge in [-0.2, -0.15) is 0 Å². The molecular formula is C70H88N12O20S. The first-order valence-electron chi connectivity index (χ1n) is 34.7. The number of ether oxygens (including phenoxy) is 2. The average Bonchev–Trinajstić information content (AvgIpc) is 1.60. The molecule has 554 valence electrons. The van der Waals surface area contributed by atoms with Crippen LogP contribution in [0.15, 0.2) is 66.7 Å². The first kappa shape index (κ1) is 76.7. The minimum absolute atomic E-state index is 0.0213. The summed E-state index contributed by atoms with van der Waals surface area (Å²) in [6, 6.07) is 4.19. The fourth-order valence-electron chi connectivity index (χ4n) is 14.0. The zero-order valence-electron chi connectivity index (χ0n) is 57.2. The molecule has 3 aromatic carbocycles. The smallest absolute Gasteiger partial charge is 0.340 e. The largest absolute Gasteiger partial charge is 0.508 e. The number of hydrogen-bond acceptors (Lipinski definition) is 19. The Bertz CT molecular complexity index is 3780. The molecule has 3 aromatic rings. The number of carbonyl (C=O) groups excluding carboxylic acids is 11. The molecule has 0 radical (unpaired) electrons. The number of carboxylic acids is 2. The van der Waals surface area contributed by atoms with E-state index in [0.29, 0.717) is 67.3 Å². The van der Waals surface area contributed by atoms with Gasteiger partial charge in [-0.05, 0) is 152 Å².